The Balaban J connectivity index is 2.46. The molecule has 1 heterocycles. The van der Waals surface area contributed by atoms with Crippen LogP contribution >= 0.6 is 84.7 Å². The first-order valence-electron chi connectivity index (χ1n) is 4.53. The second-order valence-electron chi connectivity index (χ2n) is 3.31. The van der Waals surface area contributed by atoms with Crippen molar-refractivity contribution in [2.24, 2.45) is 0 Å². The molecule has 0 aliphatic heterocycles. The average molecular weight is 482 g/mol. The van der Waals surface area contributed by atoms with Crippen LogP contribution in [0.1, 0.15) is 16.5 Å². The number of benzene rings is 1. The normalized spacial score (nSPS) is 12.8. The Bertz CT molecular complexity index is 556. The highest BCUT2D eigenvalue weighted by molar-refractivity contribution is 14.1. The van der Waals surface area contributed by atoms with E-state index in [-0.39, 0.29) is 5.38 Å². The maximum Gasteiger partial charge on any atom is 0.0994 e. The molecule has 0 N–H and O–H groups in total. The van der Waals surface area contributed by atoms with Crippen LogP contribution < -0.4 is 0 Å². The third kappa shape index (κ3) is 3.31. The largest absolute Gasteiger partial charge is 0.112 e. The molecular weight excluding hydrogens is 477 g/mol. The number of thiophene rings is 1. The van der Waals surface area contributed by atoms with Crippen LogP contribution in [-0.4, -0.2) is 0 Å². The van der Waals surface area contributed by atoms with Crippen molar-refractivity contribution in [3.05, 3.63) is 52.1 Å². The second-order valence-corrected chi connectivity index (χ2v) is 8.13. The highest BCUT2D eigenvalue weighted by atomic mass is 127. The molecule has 0 radical (unpaired) electrons. The van der Waals surface area contributed by atoms with Crippen LogP contribution in [0, 0.1) is 3.57 Å². The summed E-state index contributed by atoms with van der Waals surface area (Å²) >= 11 is 25.6. The van der Waals surface area contributed by atoms with Gasteiger partial charge in [-0.1, -0.05) is 39.1 Å². The van der Waals surface area contributed by atoms with Crippen LogP contribution in [-0.2, 0) is 0 Å². The summed E-state index contributed by atoms with van der Waals surface area (Å²) in [6.45, 7) is 0. The molecule has 1 unspecified atom stereocenters. The van der Waals surface area contributed by atoms with Crippen LogP contribution in [0.4, 0.5) is 0 Å². The summed E-state index contributed by atoms with van der Waals surface area (Å²) in [4.78, 5) is 0. The predicted molar refractivity (Wildman–Crippen MR) is 88.9 cm³/mol. The first-order chi connectivity index (χ1) is 7.99. The Labute approximate surface area is 141 Å². The van der Waals surface area contributed by atoms with E-state index in [0.29, 0.717) is 8.67 Å². The van der Waals surface area contributed by atoms with Gasteiger partial charge in [-0.05, 0) is 52.4 Å². The van der Waals surface area contributed by atoms with Gasteiger partial charge in [-0.2, -0.15) is 0 Å². The molecule has 0 saturated heterocycles. The molecule has 2 aromatic rings. The molecule has 17 heavy (non-hydrogen) atoms. The van der Waals surface area contributed by atoms with E-state index in [2.05, 4.69) is 38.5 Å². The number of rotatable bonds is 2. The van der Waals surface area contributed by atoms with Gasteiger partial charge in [0.15, 0.2) is 0 Å². The first-order valence-corrected chi connectivity index (χ1v) is 8.41. The topological polar surface area (TPSA) is 0 Å². The molecule has 6 heteroatoms. The molecule has 2 rings (SSSR count). The molecule has 0 nitrogen and oxygen atoms in total. The second kappa shape index (κ2) is 5.97. The fourth-order valence-corrected chi connectivity index (χ4v) is 4.53. The Morgan fingerprint density at radius 3 is 2.47 bits per heavy atom. The maximum absolute atomic E-state index is 6.46. The van der Waals surface area contributed by atoms with E-state index in [1.165, 1.54) is 11.3 Å². The monoisotopic (exact) mass is 480 g/mol. The van der Waals surface area contributed by atoms with Crippen molar-refractivity contribution in [2.75, 3.05) is 0 Å². The quantitative estimate of drug-likeness (QED) is 0.328. The predicted octanol–water partition coefficient (Wildman–Crippen LogP) is 6.75. The molecule has 1 aromatic heterocycles. The van der Waals surface area contributed by atoms with Gasteiger partial charge in [-0.25, -0.2) is 0 Å². The van der Waals surface area contributed by atoms with E-state index >= 15 is 0 Å². The van der Waals surface area contributed by atoms with Gasteiger partial charge in [0.25, 0.3) is 0 Å². The lowest BCUT2D eigenvalue weighted by Crippen LogP contribution is -1.94. The minimum Gasteiger partial charge on any atom is -0.112 e. The summed E-state index contributed by atoms with van der Waals surface area (Å²) in [5.41, 5.74) is 1.85. The highest BCUT2D eigenvalue weighted by Gasteiger charge is 2.19. The van der Waals surface area contributed by atoms with Crippen molar-refractivity contribution in [3.63, 3.8) is 0 Å². The zero-order valence-corrected chi connectivity index (χ0v) is 15.0. The van der Waals surface area contributed by atoms with Crippen molar-refractivity contribution in [1.29, 1.82) is 0 Å². The Morgan fingerprint density at radius 1 is 1.18 bits per heavy atom. The van der Waals surface area contributed by atoms with Crippen LogP contribution in [0.15, 0.2) is 28.7 Å². The van der Waals surface area contributed by atoms with E-state index in [0.717, 1.165) is 19.2 Å². The zero-order valence-electron chi connectivity index (χ0n) is 8.18. The standard InChI is InChI=1S/C11H5BrCl3IS/c12-8-2-1-5(16)3-6(8)10(14)7-4-9(13)17-11(7)15/h1-4,10H. The van der Waals surface area contributed by atoms with E-state index in [1.807, 2.05) is 24.3 Å². The van der Waals surface area contributed by atoms with Gasteiger partial charge in [0.2, 0.25) is 0 Å². The average Bonchev–Trinajstić information content (AvgIpc) is 2.60. The first kappa shape index (κ1) is 14.4. The summed E-state index contributed by atoms with van der Waals surface area (Å²) < 4.78 is 3.39. The molecule has 0 amide bonds. The fraction of sp³-hybridized carbons (Fsp3) is 0.0909. The summed E-state index contributed by atoms with van der Waals surface area (Å²) in [5, 5.41) is -0.296. The molecule has 0 aliphatic carbocycles. The summed E-state index contributed by atoms with van der Waals surface area (Å²) in [6.07, 6.45) is 0. The molecule has 0 bridgehead atoms. The minimum atomic E-state index is -0.296. The molecule has 0 fully saturated rings. The Morgan fingerprint density at radius 2 is 1.88 bits per heavy atom. The van der Waals surface area contributed by atoms with Crippen LogP contribution in [0.5, 0.6) is 0 Å². The summed E-state index contributed by atoms with van der Waals surface area (Å²) in [7, 11) is 0. The lowest BCUT2D eigenvalue weighted by molar-refractivity contribution is 1.14. The Hall–Kier alpha value is 1.000. The molecule has 0 spiro atoms. The van der Waals surface area contributed by atoms with Crippen LogP contribution in [0.25, 0.3) is 0 Å². The minimum absolute atomic E-state index is 0.296. The third-order valence-corrected chi connectivity index (χ3v) is 5.57. The Kier molecular flexibility index (Phi) is 5.06. The molecule has 90 valence electrons. The van der Waals surface area contributed by atoms with Crippen molar-refractivity contribution in [1.82, 2.24) is 0 Å². The number of alkyl halides is 1. The van der Waals surface area contributed by atoms with E-state index in [4.69, 9.17) is 34.8 Å². The van der Waals surface area contributed by atoms with Gasteiger partial charge in [0, 0.05) is 13.6 Å². The smallest absolute Gasteiger partial charge is 0.0994 e. The van der Waals surface area contributed by atoms with Crippen molar-refractivity contribution in [3.8, 4) is 0 Å². The molecular formula is C11H5BrCl3IS. The number of halogens is 5. The lowest BCUT2D eigenvalue weighted by Gasteiger charge is -2.11. The fourth-order valence-electron chi connectivity index (χ4n) is 1.40. The molecule has 0 aliphatic rings. The van der Waals surface area contributed by atoms with Gasteiger partial charge >= 0.3 is 0 Å². The number of hydrogen-bond acceptors (Lipinski definition) is 1. The van der Waals surface area contributed by atoms with Gasteiger partial charge in [-0.3, -0.25) is 0 Å². The van der Waals surface area contributed by atoms with Crippen molar-refractivity contribution in [2.45, 2.75) is 5.38 Å². The molecule has 0 saturated carbocycles. The number of hydrogen-bond donors (Lipinski definition) is 0. The third-order valence-electron chi connectivity index (χ3n) is 2.19. The highest BCUT2D eigenvalue weighted by Crippen LogP contribution is 2.42. The van der Waals surface area contributed by atoms with Gasteiger partial charge in [-0.15, -0.1) is 22.9 Å². The van der Waals surface area contributed by atoms with E-state index < -0.39 is 0 Å². The summed E-state index contributed by atoms with van der Waals surface area (Å²) in [5.74, 6) is 0. The van der Waals surface area contributed by atoms with Crippen molar-refractivity contribution < 1.29 is 0 Å². The van der Waals surface area contributed by atoms with Crippen LogP contribution in [0.3, 0.4) is 0 Å². The zero-order chi connectivity index (χ0) is 12.6. The molecule has 1 aromatic carbocycles. The molecule has 1 atom stereocenters. The van der Waals surface area contributed by atoms with Crippen molar-refractivity contribution >= 4 is 84.7 Å². The maximum atomic E-state index is 6.46. The summed E-state index contributed by atoms with van der Waals surface area (Å²) in [6, 6.07) is 7.84. The lowest BCUT2D eigenvalue weighted by atomic mass is 10.1. The van der Waals surface area contributed by atoms with E-state index in [1.54, 1.807) is 0 Å². The van der Waals surface area contributed by atoms with Gasteiger partial charge in [0.05, 0.1) is 14.0 Å². The van der Waals surface area contributed by atoms with Gasteiger partial charge < -0.3 is 0 Å². The SMILES string of the molecule is Clc1cc(C(Cl)c2cc(I)ccc2Br)c(Cl)s1. The van der Waals surface area contributed by atoms with E-state index in [9.17, 15) is 0 Å². The van der Waals surface area contributed by atoms with Crippen LogP contribution in [0.2, 0.25) is 8.67 Å². The van der Waals surface area contributed by atoms with Gasteiger partial charge in [0.1, 0.15) is 0 Å².